The summed E-state index contributed by atoms with van der Waals surface area (Å²) in [6.45, 7) is 6.11. The summed E-state index contributed by atoms with van der Waals surface area (Å²) < 4.78 is 5.50. The van der Waals surface area contributed by atoms with E-state index in [1.165, 1.54) is 0 Å². The first-order valence-corrected chi connectivity index (χ1v) is 10.3. The summed E-state index contributed by atoms with van der Waals surface area (Å²) in [5.41, 5.74) is 1.02. The lowest BCUT2D eigenvalue weighted by molar-refractivity contribution is -0.0285. The van der Waals surface area contributed by atoms with Crippen LogP contribution in [0.25, 0.3) is 0 Å². The van der Waals surface area contributed by atoms with Crippen molar-refractivity contribution in [3.63, 3.8) is 0 Å². The van der Waals surface area contributed by atoms with Gasteiger partial charge in [-0.25, -0.2) is 0 Å². The third-order valence-electron chi connectivity index (χ3n) is 5.37. The van der Waals surface area contributed by atoms with Crippen LogP contribution in [0.15, 0.2) is 48.5 Å². The predicted octanol–water partition coefficient (Wildman–Crippen LogP) is 5.10. The highest BCUT2D eigenvalue weighted by atomic mass is 35.5. The molecule has 0 radical (unpaired) electrons. The van der Waals surface area contributed by atoms with Crippen molar-refractivity contribution < 1.29 is 9.84 Å². The highest BCUT2D eigenvalue weighted by molar-refractivity contribution is 6.30. The summed E-state index contributed by atoms with van der Waals surface area (Å²) in [5, 5.41) is 13.3. The maximum atomic E-state index is 12.0. The van der Waals surface area contributed by atoms with Crippen molar-refractivity contribution in [3.05, 3.63) is 69.7 Å². The number of rotatable bonds is 7. The molecule has 0 spiro atoms. The van der Waals surface area contributed by atoms with E-state index in [1.54, 1.807) is 0 Å². The first-order chi connectivity index (χ1) is 13.0. The zero-order chi connectivity index (χ0) is 19.3. The molecule has 1 N–H and O–H groups in total. The van der Waals surface area contributed by atoms with E-state index >= 15 is 0 Å². The average Bonchev–Trinajstić information content (AvgIpc) is 2.68. The molecule has 2 aromatic carbocycles. The Hall–Kier alpha value is -1.10. The van der Waals surface area contributed by atoms with Crippen LogP contribution in [0.5, 0.6) is 0 Å². The van der Waals surface area contributed by atoms with E-state index in [9.17, 15) is 5.11 Å². The predicted molar refractivity (Wildman–Crippen MR) is 112 cm³/mol. The van der Waals surface area contributed by atoms with Gasteiger partial charge in [-0.15, -0.1) is 0 Å². The van der Waals surface area contributed by atoms with E-state index in [-0.39, 0.29) is 5.92 Å². The van der Waals surface area contributed by atoms with Crippen LogP contribution in [0.4, 0.5) is 0 Å². The molecule has 3 rings (SSSR count). The fourth-order valence-electron chi connectivity index (χ4n) is 3.91. The first kappa shape index (κ1) is 20.6. The molecule has 0 bridgehead atoms. The minimum Gasteiger partial charge on any atom is -0.384 e. The van der Waals surface area contributed by atoms with Gasteiger partial charge in [-0.2, -0.15) is 0 Å². The third kappa shape index (κ3) is 5.04. The second-order valence-electron chi connectivity index (χ2n) is 7.20. The molecule has 0 amide bonds. The molecule has 3 nitrogen and oxygen atoms in total. The van der Waals surface area contributed by atoms with Gasteiger partial charge in [0.25, 0.3) is 0 Å². The summed E-state index contributed by atoms with van der Waals surface area (Å²) in [4.78, 5) is 2.37. The van der Waals surface area contributed by atoms with Crippen molar-refractivity contribution in [1.29, 1.82) is 0 Å². The lowest BCUT2D eigenvalue weighted by Gasteiger charge is -2.41. The molecule has 1 aliphatic heterocycles. The molecule has 2 aromatic rings. The van der Waals surface area contributed by atoms with Crippen LogP contribution in [-0.2, 0) is 10.3 Å². The monoisotopic (exact) mass is 407 g/mol. The van der Waals surface area contributed by atoms with Gasteiger partial charge >= 0.3 is 0 Å². The van der Waals surface area contributed by atoms with Gasteiger partial charge in [0.15, 0.2) is 0 Å². The second-order valence-corrected chi connectivity index (χ2v) is 8.07. The van der Waals surface area contributed by atoms with E-state index in [1.807, 2.05) is 48.5 Å². The van der Waals surface area contributed by atoms with Crippen molar-refractivity contribution in [3.8, 4) is 0 Å². The molecule has 0 aromatic heterocycles. The van der Waals surface area contributed by atoms with Crippen molar-refractivity contribution in [2.24, 2.45) is 0 Å². The van der Waals surface area contributed by atoms with Crippen LogP contribution in [0.2, 0.25) is 10.0 Å². The van der Waals surface area contributed by atoms with Crippen molar-refractivity contribution in [2.45, 2.75) is 31.3 Å². The summed E-state index contributed by atoms with van der Waals surface area (Å²) in [6, 6.07) is 15.5. The summed E-state index contributed by atoms with van der Waals surface area (Å²) >= 11 is 12.2. The molecular formula is C22H27Cl2NO2. The van der Waals surface area contributed by atoms with Gasteiger partial charge in [0, 0.05) is 35.6 Å². The van der Waals surface area contributed by atoms with E-state index < -0.39 is 5.60 Å². The van der Waals surface area contributed by atoms with Gasteiger partial charge in [0.05, 0.1) is 18.8 Å². The van der Waals surface area contributed by atoms with E-state index in [0.717, 1.165) is 50.4 Å². The van der Waals surface area contributed by atoms with Crippen molar-refractivity contribution in [1.82, 2.24) is 4.90 Å². The summed E-state index contributed by atoms with van der Waals surface area (Å²) in [6.07, 6.45) is 1.55. The summed E-state index contributed by atoms with van der Waals surface area (Å²) in [5.74, 6) is -0.0750. The number of aliphatic hydroxyl groups is 1. The molecule has 0 unspecified atom stereocenters. The van der Waals surface area contributed by atoms with Gasteiger partial charge < -0.3 is 9.84 Å². The number of nitrogens with zero attached hydrogens (tertiary/aromatic N) is 1. The number of hydrogen-bond acceptors (Lipinski definition) is 3. The molecule has 27 heavy (non-hydrogen) atoms. The minimum atomic E-state index is -0.981. The van der Waals surface area contributed by atoms with Gasteiger partial charge in [-0.05, 0) is 41.8 Å². The number of hydrogen-bond donors (Lipinski definition) is 1. The molecule has 1 fully saturated rings. The SMILES string of the molecule is CCC[C@@](O)(c1ccc(Cl)cc1)[C@@H](CN1CCOCC1)c1ccc(Cl)cc1. The maximum Gasteiger partial charge on any atom is 0.0976 e. The van der Waals surface area contributed by atoms with Crippen LogP contribution < -0.4 is 0 Å². The number of benzene rings is 2. The van der Waals surface area contributed by atoms with E-state index in [2.05, 4.69) is 11.8 Å². The van der Waals surface area contributed by atoms with E-state index in [0.29, 0.717) is 16.5 Å². The van der Waals surface area contributed by atoms with Crippen LogP contribution in [0.3, 0.4) is 0 Å². The van der Waals surface area contributed by atoms with Crippen LogP contribution in [0, 0.1) is 0 Å². The highest BCUT2D eigenvalue weighted by Crippen LogP contribution is 2.42. The molecular weight excluding hydrogens is 381 g/mol. The highest BCUT2D eigenvalue weighted by Gasteiger charge is 2.39. The molecule has 5 heteroatoms. The van der Waals surface area contributed by atoms with E-state index in [4.69, 9.17) is 27.9 Å². The largest absolute Gasteiger partial charge is 0.384 e. The lowest BCUT2D eigenvalue weighted by atomic mass is 9.74. The average molecular weight is 408 g/mol. The molecule has 0 saturated carbocycles. The van der Waals surface area contributed by atoms with Gasteiger partial charge in [0.1, 0.15) is 0 Å². The van der Waals surface area contributed by atoms with Gasteiger partial charge in [0.2, 0.25) is 0 Å². The number of morpholine rings is 1. The van der Waals surface area contributed by atoms with Gasteiger partial charge in [-0.1, -0.05) is 60.8 Å². The smallest absolute Gasteiger partial charge is 0.0976 e. The van der Waals surface area contributed by atoms with Crippen molar-refractivity contribution >= 4 is 23.2 Å². The van der Waals surface area contributed by atoms with Crippen LogP contribution in [-0.4, -0.2) is 42.9 Å². The normalized spacial score (nSPS) is 18.8. The van der Waals surface area contributed by atoms with Gasteiger partial charge in [-0.3, -0.25) is 4.90 Å². The standard InChI is InChI=1S/C22H27Cl2NO2/c1-2-11-22(26,18-5-9-20(24)10-6-18)21(16-25-12-14-27-15-13-25)17-3-7-19(23)8-4-17/h3-10,21,26H,2,11-16H2,1H3/t21-,22+/m0/s1. The van der Waals surface area contributed by atoms with Crippen LogP contribution in [0.1, 0.15) is 36.8 Å². The molecule has 1 saturated heterocycles. The quantitative estimate of drug-likeness (QED) is 0.692. The Kier molecular flexibility index (Phi) is 7.18. The molecule has 2 atom stereocenters. The molecule has 1 heterocycles. The molecule has 146 valence electrons. The summed E-state index contributed by atoms with van der Waals surface area (Å²) in [7, 11) is 0. The zero-order valence-corrected chi connectivity index (χ0v) is 17.2. The topological polar surface area (TPSA) is 32.7 Å². The maximum absolute atomic E-state index is 12.0. The third-order valence-corrected chi connectivity index (χ3v) is 5.87. The Bertz CT molecular complexity index is 714. The minimum absolute atomic E-state index is 0.0750. The van der Waals surface area contributed by atoms with Crippen LogP contribution >= 0.6 is 23.2 Å². The zero-order valence-electron chi connectivity index (χ0n) is 15.7. The molecule has 1 aliphatic rings. The molecule has 0 aliphatic carbocycles. The first-order valence-electron chi connectivity index (χ1n) is 9.57. The fourth-order valence-corrected chi connectivity index (χ4v) is 4.16. The lowest BCUT2D eigenvalue weighted by Crippen LogP contribution is -2.45. The Morgan fingerprint density at radius 1 is 1.00 bits per heavy atom. The Morgan fingerprint density at radius 3 is 2.11 bits per heavy atom. The second kappa shape index (κ2) is 9.40. The number of halogens is 2. The van der Waals surface area contributed by atoms with Crippen molar-refractivity contribution in [2.75, 3.05) is 32.8 Å². The fraction of sp³-hybridized carbons (Fsp3) is 0.455. The Balaban J connectivity index is 2.00. The number of ether oxygens (including phenoxy) is 1. The Morgan fingerprint density at radius 2 is 1.56 bits per heavy atom. The Labute approximate surface area is 171 Å².